The van der Waals surface area contributed by atoms with Gasteiger partial charge in [0.15, 0.2) is 5.11 Å². The van der Waals surface area contributed by atoms with Crippen molar-refractivity contribution in [3.05, 3.63) is 39.9 Å². The first-order valence-corrected chi connectivity index (χ1v) is 8.86. The largest absolute Gasteiger partial charge is 0.358 e. The maximum Gasteiger partial charge on any atom is 0.269 e. The summed E-state index contributed by atoms with van der Waals surface area (Å²) in [6.07, 6.45) is 3.61. The second kappa shape index (κ2) is 8.75. The molecule has 0 unspecified atom stereocenters. The number of thiocarbonyl (C=S) groups is 1. The first kappa shape index (κ1) is 19.1. The number of hydrogen-bond acceptors (Lipinski definition) is 4. The molecule has 0 radical (unpaired) electrons. The Morgan fingerprint density at radius 2 is 1.92 bits per heavy atom. The molecule has 1 aromatic carbocycles. The van der Waals surface area contributed by atoms with Gasteiger partial charge in [-0.05, 0) is 36.0 Å². The Morgan fingerprint density at radius 3 is 2.56 bits per heavy atom. The highest BCUT2D eigenvalue weighted by Crippen LogP contribution is 2.29. The maximum atomic E-state index is 11.9. The van der Waals surface area contributed by atoms with Crippen molar-refractivity contribution < 1.29 is 9.72 Å². The summed E-state index contributed by atoms with van der Waals surface area (Å²) in [4.78, 5) is 22.1. The summed E-state index contributed by atoms with van der Waals surface area (Å²) >= 11 is 5.24. The minimum atomic E-state index is -0.470. The van der Waals surface area contributed by atoms with E-state index in [1.54, 1.807) is 12.1 Å². The number of carbonyl (C=O) groups excluding carboxylic acids is 1. The van der Waals surface area contributed by atoms with Gasteiger partial charge < -0.3 is 5.32 Å². The second-order valence-electron chi connectivity index (χ2n) is 6.62. The van der Waals surface area contributed by atoms with Gasteiger partial charge >= 0.3 is 0 Å². The van der Waals surface area contributed by atoms with Gasteiger partial charge in [0.25, 0.3) is 5.69 Å². The minimum Gasteiger partial charge on any atom is -0.358 e. The average Bonchev–Trinajstić information content (AvgIpc) is 2.58. The summed E-state index contributed by atoms with van der Waals surface area (Å²) in [6, 6.07) is 6.22. The predicted octanol–water partition coefficient (Wildman–Crippen LogP) is 2.46. The molecule has 1 amide bonds. The van der Waals surface area contributed by atoms with Crippen molar-refractivity contribution >= 4 is 28.9 Å². The summed E-state index contributed by atoms with van der Waals surface area (Å²) in [5.41, 5.74) is 5.98. The fourth-order valence-corrected chi connectivity index (χ4v) is 3.28. The SMILES string of the molecule is C[C@@H]1[C@@H](C)CCC[C@H]1NC(=S)NNC(=O)Cc1ccc([N+](=O)[O-])cc1. The number of nitrogens with zero attached hydrogens (tertiary/aromatic N) is 1. The van der Waals surface area contributed by atoms with Crippen molar-refractivity contribution in [1.29, 1.82) is 0 Å². The van der Waals surface area contributed by atoms with Crippen LogP contribution in [0.4, 0.5) is 5.69 Å². The van der Waals surface area contributed by atoms with E-state index in [-0.39, 0.29) is 18.0 Å². The molecule has 0 aromatic heterocycles. The fraction of sp³-hybridized carbons (Fsp3) is 0.529. The molecule has 0 bridgehead atoms. The van der Waals surface area contributed by atoms with Crippen LogP contribution in [0.15, 0.2) is 24.3 Å². The molecule has 3 N–H and O–H groups in total. The molecular weight excluding hydrogens is 340 g/mol. The number of hydrogen-bond donors (Lipinski definition) is 3. The van der Waals surface area contributed by atoms with Crippen LogP contribution in [0.1, 0.15) is 38.7 Å². The standard InChI is InChI=1S/C17H24N4O3S/c1-11-4-3-5-15(12(11)2)18-17(25)20-19-16(22)10-13-6-8-14(9-7-13)21(23)24/h6-9,11-12,15H,3-5,10H2,1-2H3,(H,19,22)(H2,18,20,25)/t11-,12+,15+/m0/s1. The molecule has 1 aromatic rings. The monoisotopic (exact) mass is 364 g/mol. The lowest BCUT2D eigenvalue weighted by atomic mass is 9.78. The van der Waals surface area contributed by atoms with Gasteiger partial charge in [0.2, 0.25) is 5.91 Å². The molecule has 8 heteroatoms. The van der Waals surface area contributed by atoms with Crippen LogP contribution in [-0.4, -0.2) is 22.0 Å². The van der Waals surface area contributed by atoms with E-state index in [1.165, 1.54) is 25.0 Å². The van der Waals surface area contributed by atoms with Crippen molar-refractivity contribution in [3.63, 3.8) is 0 Å². The second-order valence-corrected chi connectivity index (χ2v) is 7.03. The predicted molar refractivity (Wildman–Crippen MR) is 99.8 cm³/mol. The molecule has 1 fully saturated rings. The lowest BCUT2D eigenvalue weighted by molar-refractivity contribution is -0.384. The third-order valence-corrected chi connectivity index (χ3v) is 5.07. The van der Waals surface area contributed by atoms with Crippen LogP contribution < -0.4 is 16.2 Å². The van der Waals surface area contributed by atoms with Gasteiger partial charge in [-0.15, -0.1) is 0 Å². The summed E-state index contributed by atoms with van der Waals surface area (Å²) in [7, 11) is 0. The molecule has 0 spiro atoms. The zero-order valence-electron chi connectivity index (χ0n) is 14.5. The van der Waals surface area contributed by atoms with E-state index in [0.29, 0.717) is 28.6 Å². The van der Waals surface area contributed by atoms with Crippen molar-refractivity contribution in [2.24, 2.45) is 11.8 Å². The maximum absolute atomic E-state index is 11.9. The normalized spacial score (nSPS) is 22.7. The minimum absolute atomic E-state index is 0.00323. The molecule has 0 saturated heterocycles. The number of amides is 1. The Labute approximate surface area is 152 Å². The van der Waals surface area contributed by atoms with E-state index >= 15 is 0 Å². The van der Waals surface area contributed by atoms with E-state index in [9.17, 15) is 14.9 Å². The Bertz CT molecular complexity index is 635. The number of nitro groups is 1. The lowest BCUT2D eigenvalue weighted by Gasteiger charge is -2.35. The molecule has 1 saturated carbocycles. The number of rotatable bonds is 4. The first-order valence-electron chi connectivity index (χ1n) is 8.45. The van der Waals surface area contributed by atoms with Gasteiger partial charge in [0, 0.05) is 18.2 Å². The van der Waals surface area contributed by atoms with Crippen molar-refractivity contribution in [1.82, 2.24) is 16.2 Å². The van der Waals surface area contributed by atoms with Crippen LogP contribution in [0.2, 0.25) is 0 Å². The van der Waals surface area contributed by atoms with Gasteiger partial charge in [-0.25, -0.2) is 0 Å². The molecule has 136 valence electrons. The highest BCUT2D eigenvalue weighted by atomic mass is 32.1. The average molecular weight is 364 g/mol. The summed E-state index contributed by atoms with van der Waals surface area (Å²) in [5, 5.41) is 14.3. The molecule has 1 aliphatic carbocycles. The first-order chi connectivity index (χ1) is 11.9. The highest BCUT2D eigenvalue weighted by Gasteiger charge is 2.27. The Hall–Kier alpha value is -2.22. The van der Waals surface area contributed by atoms with Gasteiger partial charge in [-0.2, -0.15) is 0 Å². The van der Waals surface area contributed by atoms with Crippen molar-refractivity contribution in [3.8, 4) is 0 Å². The summed E-state index contributed by atoms with van der Waals surface area (Å²) < 4.78 is 0. The molecule has 0 aliphatic heterocycles. The van der Waals surface area contributed by atoms with Gasteiger partial charge in [-0.3, -0.25) is 25.8 Å². The molecule has 2 rings (SSSR count). The van der Waals surface area contributed by atoms with Crippen LogP contribution in [0.25, 0.3) is 0 Å². The number of hydrazine groups is 1. The summed E-state index contributed by atoms with van der Waals surface area (Å²) in [6.45, 7) is 4.47. The van der Waals surface area contributed by atoms with Crippen LogP contribution in [0.5, 0.6) is 0 Å². The van der Waals surface area contributed by atoms with Crippen molar-refractivity contribution in [2.75, 3.05) is 0 Å². The molecule has 7 nitrogen and oxygen atoms in total. The molecule has 0 heterocycles. The number of non-ortho nitro benzene ring substituents is 1. The third-order valence-electron chi connectivity index (χ3n) is 4.85. The smallest absolute Gasteiger partial charge is 0.269 e. The van der Waals surface area contributed by atoms with Crippen LogP contribution >= 0.6 is 12.2 Å². The van der Waals surface area contributed by atoms with Gasteiger partial charge in [0.05, 0.1) is 11.3 Å². The van der Waals surface area contributed by atoms with Gasteiger partial charge in [0.1, 0.15) is 0 Å². The number of benzene rings is 1. The number of carbonyl (C=O) groups is 1. The molecule has 25 heavy (non-hydrogen) atoms. The highest BCUT2D eigenvalue weighted by molar-refractivity contribution is 7.80. The topological polar surface area (TPSA) is 96.3 Å². The Balaban J connectivity index is 1.75. The summed E-state index contributed by atoms with van der Waals surface area (Å²) in [5.74, 6) is 0.929. The zero-order chi connectivity index (χ0) is 18.4. The van der Waals surface area contributed by atoms with Crippen molar-refractivity contribution in [2.45, 2.75) is 45.6 Å². The lowest BCUT2D eigenvalue weighted by Crippen LogP contribution is -2.52. The van der Waals surface area contributed by atoms with Gasteiger partial charge in [-0.1, -0.05) is 38.8 Å². The van der Waals surface area contributed by atoms with E-state index in [1.807, 2.05) is 0 Å². The van der Waals surface area contributed by atoms with E-state index in [0.717, 1.165) is 6.42 Å². The van der Waals surface area contributed by atoms with Crippen LogP contribution in [0, 0.1) is 22.0 Å². The van der Waals surface area contributed by atoms with E-state index in [2.05, 4.69) is 30.0 Å². The number of nitro benzene ring substituents is 1. The third kappa shape index (κ3) is 5.67. The van der Waals surface area contributed by atoms with E-state index in [4.69, 9.17) is 12.2 Å². The fourth-order valence-electron chi connectivity index (χ4n) is 3.08. The zero-order valence-corrected chi connectivity index (χ0v) is 15.3. The molecular formula is C17H24N4O3S. The van der Waals surface area contributed by atoms with Crippen LogP contribution in [0.3, 0.4) is 0 Å². The molecule has 1 aliphatic rings. The number of nitrogens with one attached hydrogen (secondary N) is 3. The van der Waals surface area contributed by atoms with E-state index < -0.39 is 4.92 Å². The Morgan fingerprint density at radius 1 is 1.24 bits per heavy atom. The molecule has 3 atom stereocenters. The van der Waals surface area contributed by atoms with Crippen LogP contribution in [-0.2, 0) is 11.2 Å². The quantitative estimate of drug-likeness (QED) is 0.431. The Kier molecular flexibility index (Phi) is 6.69.